The average molecular weight is 299 g/mol. The van der Waals surface area contributed by atoms with Crippen LogP contribution in [0.5, 0.6) is 0 Å². The van der Waals surface area contributed by atoms with Crippen LogP contribution >= 0.6 is 11.3 Å². The molecule has 0 amide bonds. The summed E-state index contributed by atoms with van der Waals surface area (Å²) in [6, 6.07) is 9.52. The molecule has 3 rings (SSSR count). The van der Waals surface area contributed by atoms with Crippen molar-refractivity contribution in [2.24, 2.45) is 5.92 Å². The zero-order valence-electron chi connectivity index (χ0n) is 11.7. The van der Waals surface area contributed by atoms with Crippen LogP contribution in [0.4, 0.5) is 0 Å². The molecule has 1 saturated heterocycles. The molecular formula is C16H17N3OS. The number of nitrogens with one attached hydrogen (secondary N) is 1. The highest BCUT2D eigenvalue weighted by molar-refractivity contribution is 7.13. The van der Waals surface area contributed by atoms with Gasteiger partial charge in [-0.15, -0.1) is 11.3 Å². The molecule has 0 saturated carbocycles. The molecule has 1 N–H and O–H groups in total. The van der Waals surface area contributed by atoms with Gasteiger partial charge in [-0.1, -0.05) is 6.07 Å². The maximum absolute atomic E-state index is 12.5. The first-order valence-electron chi connectivity index (χ1n) is 7.18. The summed E-state index contributed by atoms with van der Waals surface area (Å²) in [5.74, 6) is 0.448. The first kappa shape index (κ1) is 14.1. The van der Waals surface area contributed by atoms with Crippen LogP contribution in [-0.4, -0.2) is 17.7 Å². The van der Waals surface area contributed by atoms with E-state index < -0.39 is 0 Å². The van der Waals surface area contributed by atoms with Gasteiger partial charge in [0, 0.05) is 6.54 Å². The Bertz CT molecular complexity index is 706. The monoisotopic (exact) mass is 299 g/mol. The van der Waals surface area contributed by atoms with Crippen molar-refractivity contribution in [3.8, 4) is 16.6 Å². The first-order valence-corrected chi connectivity index (χ1v) is 8.06. The van der Waals surface area contributed by atoms with Crippen LogP contribution in [-0.2, 0) is 6.54 Å². The molecule has 0 aliphatic carbocycles. The molecule has 5 heteroatoms. The molecule has 0 bridgehead atoms. The molecule has 1 unspecified atom stereocenters. The van der Waals surface area contributed by atoms with Gasteiger partial charge in [0.1, 0.15) is 11.6 Å². The maximum atomic E-state index is 12.5. The van der Waals surface area contributed by atoms with Gasteiger partial charge in [-0.25, -0.2) is 0 Å². The first-order chi connectivity index (χ1) is 10.3. The van der Waals surface area contributed by atoms with Gasteiger partial charge >= 0.3 is 0 Å². The van der Waals surface area contributed by atoms with Gasteiger partial charge in [-0.05, 0) is 55.4 Å². The molecule has 1 fully saturated rings. The SMILES string of the molecule is N#Cc1ccc(-c2cccs2)n(CC2CCCNC2)c1=O. The number of thiophene rings is 1. The van der Waals surface area contributed by atoms with E-state index in [1.807, 2.05) is 29.6 Å². The standard InChI is InChI=1S/C16H17N3OS/c17-9-13-5-6-14(15-4-2-8-21-15)19(16(13)20)11-12-3-1-7-18-10-12/h2,4-6,8,12,18H,1,3,7,10-11H2. The minimum absolute atomic E-state index is 0.172. The Labute approximate surface area is 127 Å². The van der Waals surface area contributed by atoms with Crippen LogP contribution in [0.1, 0.15) is 18.4 Å². The Morgan fingerprint density at radius 1 is 1.43 bits per heavy atom. The zero-order valence-corrected chi connectivity index (χ0v) is 12.5. The van der Waals surface area contributed by atoms with Crippen LogP contribution in [0.2, 0.25) is 0 Å². The van der Waals surface area contributed by atoms with Crippen LogP contribution in [0.3, 0.4) is 0 Å². The quantitative estimate of drug-likeness (QED) is 0.947. The maximum Gasteiger partial charge on any atom is 0.268 e. The second kappa shape index (κ2) is 6.25. The summed E-state index contributed by atoms with van der Waals surface area (Å²) in [5.41, 5.74) is 0.965. The minimum Gasteiger partial charge on any atom is -0.316 e. The fourth-order valence-corrected chi connectivity index (χ4v) is 3.58. The van der Waals surface area contributed by atoms with E-state index in [4.69, 9.17) is 5.26 Å². The van der Waals surface area contributed by atoms with E-state index in [2.05, 4.69) is 5.32 Å². The van der Waals surface area contributed by atoms with Crippen molar-refractivity contribution in [2.75, 3.05) is 13.1 Å². The predicted molar refractivity (Wildman–Crippen MR) is 84.3 cm³/mol. The van der Waals surface area contributed by atoms with E-state index >= 15 is 0 Å². The molecule has 1 atom stereocenters. The third kappa shape index (κ3) is 2.92. The Kier molecular flexibility index (Phi) is 4.18. The summed E-state index contributed by atoms with van der Waals surface area (Å²) in [7, 11) is 0. The third-order valence-corrected chi connectivity index (χ3v) is 4.80. The Hall–Kier alpha value is -1.90. The van der Waals surface area contributed by atoms with Gasteiger partial charge in [-0.2, -0.15) is 5.26 Å². The van der Waals surface area contributed by atoms with E-state index in [0.717, 1.165) is 36.5 Å². The Morgan fingerprint density at radius 3 is 3.00 bits per heavy atom. The molecule has 0 aromatic carbocycles. The molecule has 21 heavy (non-hydrogen) atoms. The lowest BCUT2D eigenvalue weighted by Gasteiger charge is -2.24. The molecule has 2 aromatic heterocycles. The van der Waals surface area contributed by atoms with Crippen molar-refractivity contribution in [3.05, 3.63) is 45.6 Å². The second-order valence-corrected chi connectivity index (χ2v) is 6.30. The molecule has 2 aromatic rings. The van der Waals surface area contributed by atoms with Crippen molar-refractivity contribution in [3.63, 3.8) is 0 Å². The van der Waals surface area contributed by atoms with Gasteiger partial charge in [0.25, 0.3) is 5.56 Å². The van der Waals surface area contributed by atoms with Crippen LogP contribution in [0.15, 0.2) is 34.4 Å². The second-order valence-electron chi connectivity index (χ2n) is 5.35. The van der Waals surface area contributed by atoms with Crippen LogP contribution in [0.25, 0.3) is 10.6 Å². The van der Waals surface area contributed by atoms with Crippen LogP contribution in [0, 0.1) is 17.2 Å². The fraction of sp³-hybridized carbons (Fsp3) is 0.375. The number of nitriles is 1. The third-order valence-electron chi connectivity index (χ3n) is 3.91. The van der Waals surface area contributed by atoms with E-state index in [0.29, 0.717) is 12.5 Å². The highest BCUT2D eigenvalue weighted by Crippen LogP contribution is 2.25. The van der Waals surface area contributed by atoms with Crippen molar-refractivity contribution in [2.45, 2.75) is 19.4 Å². The lowest BCUT2D eigenvalue weighted by molar-refractivity contribution is 0.335. The number of nitrogens with zero attached hydrogens (tertiary/aromatic N) is 2. The van der Waals surface area contributed by atoms with E-state index in [-0.39, 0.29) is 11.1 Å². The van der Waals surface area contributed by atoms with Crippen molar-refractivity contribution < 1.29 is 0 Å². The topological polar surface area (TPSA) is 57.8 Å². The molecule has 1 aliphatic rings. The summed E-state index contributed by atoms with van der Waals surface area (Å²) >= 11 is 1.62. The lowest BCUT2D eigenvalue weighted by Crippen LogP contribution is -2.35. The van der Waals surface area contributed by atoms with Gasteiger partial charge in [-0.3, -0.25) is 4.79 Å². The van der Waals surface area contributed by atoms with Crippen molar-refractivity contribution in [1.29, 1.82) is 5.26 Å². The van der Waals surface area contributed by atoms with Crippen molar-refractivity contribution >= 4 is 11.3 Å². The molecular weight excluding hydrogens is 282 g/mol. The van der Waals surface area contributed by atoms with Gasteiger partial charge in [0.05, 0.1) is 10.6 Å². The number of aromatic nitrogens is 1. The molecule has 3 heterocycles. The predicted octanol–water partition coefficient (Wildman–Crippen LogP) is 2.45. The highest BCUT2D eigenvalue weighted by atomic mass is 32.1. The number of piperidine rings is 1. The normalized spacial score (nSPS) is 18.3. The average Bonchev–Trinajstić information content (AvgIpc) is 3.04. The zero-order chi connectivity index (χ0) is 14.7. The van der Waals surface area contributed by atoms with Gasteiger partial charge in [0.15, 0.2) is 0 Å². The number of hydrogen-bond donors (Lipinski definition) is 1. The molecule has 0 radical (unpaired) electrons. The lowest BCUT2D eigenvalue weighted by atomic mass is 9.99. The number of rotatable bonds is 3. The summed E-state index contributed by atoms with van der Waals surface area (Å²) in [5, 5.41) is 14.5. The Morgan fingerprint density at radius 2 is 2.33 bits per heavy atom. The largest absolute Gasteiger partial charge is 0.316 e. The van der Waals surface area contributed by atoms with Gasteiger partial charge in [0.2, 0.25) is 0 Å². The Balaban J connectivity index is 2.02. The minimum atomic E-state index is -0.172. The highest BCUT2D eigenvalue weighted by Gasteiger charge is 2.18. The summed E-state index contributed by atoms with van der Waals surface area (Å²) in [6.45, 7) is 2.67. The molecule has 108 valence electrons. The molecule has 0 spiro atoms. The smallest absolute Gasteiger partial charge is 0.268 e. The van der Waals surface area contributed by atoms with Crippen LogP contribution < -0.4 is 10.9 Å². The number of hydrogen-bond acceptors (Lipinski definition) is 4. The summed E-state index contributed by atoms with van der Waals surface area (Å²) in [6.07, 6.45) is 2.27. The molecule has 4 nitrogen and oxygen atoms in total. The van der Waals surface area contributed by atoms with Crippen molar-refractivity contribution in [1.82, 2.24) is 9.88 Å². The van der Waals surface area contributed by atoms with Gasteiger partial charge < -0.3 is 9.88 Å². The van der Waals surface area contributed by atoms with E-state index in [1.54, 1.807) is 22.0 Å². The summed E-state index contributed by atoms with van der Waals surface area (Å²) < 4.78 is 1.78. The van der Waals surface area contributed by atoms with E-state index in [1.165, 1.54) is 0 Å². The fourth-order valence-electron chi connectivity index (χ4n) is 2.82. The molecule has 1 aliphatic heterocycles. The summed E-state index contributed by atoms with van der Waals surface area (Å²) in [4.78, 5) is 13.6. The van der Waals surface area contributed by atoms with E-state index in [9.17, 15) is 4.79 Å². The number of pyridine rings is 1.